The Kier molecular flexibility index (Phi) is 7.35. The normalized spacial score (nSPS) is 11.9. The number of amides is 1. The number of carbonyl (C=O) groups excluding carboxylic acids is 2. The summed E-state index contributed by atoms with van der Waals surface area (Å²) in [6, 6.07) is 12.7. The first-order valence-corrected chi connectivity index (χ1v) is 10.6. The second-order valence-electron chi connectivity index (χ2n) is 7.58. The highest BCUT2D eigenvalue weighted by Crippen LogP contribution is 2.23. The van der Waals surface area contributed by atoms with Gasteiger partial charge in [-0.25, -0.2) is 13.2 Å². The first-order chi connectivity index (χ1) is 13.9. The van der Waals surface area contributed by atoms with Crippen molar-refractivity contribution in [3.63, 3.8) is 0 Å². The lowest BCUT2D eigenvalue weighted by Gasteiger charge is -2.19. The van der Waals surface area contributed by atoms with Crippen LogP contribution >= 0.6 is 0 Å². The standard InChI is InChI=1S/C21H26N2O6S/c1-21(2,3)16-9-11-17(12-10-16)22-19(24)14-29-20(25)15-7-6-8-18(13-15)30(26,27)23(4)28-5/h6-13H,14H2,1-5H3,(H,22,24). The molecule has 162 valence electrons. The fourth-order valence-corrected chi connectivity index (χ4v) is 3.51. The van der Waals surface area contributed by atoms with Gasteiger partial charge in [0.1, 0.15) is 0 Å². The first-order valence-electron chi connectivity index (χ1n) is 9.16. The summed E-state index contributed by atoms with van der Waals surface area (Å²) in [5.41, 5.74) is 1.71. The summed E-state index contributed by atoms with van der Waals surface area (Å²) < 4.78 is 30.2. The van der Waals surface area contributed by atoms with Crippen LogP contribution in [0.1, 0.15) is 36.7 Å². The van der Waals surface area contributed by atoms with E-state index in [0.717, 1.165) is 11.6 Å². The van der Waals surface area contributed by atoms with Crippen LogP contribution in [0.2, 0.25) is 0 Å². The molecule has 0 aromatic heterocycles. The Bertz CT molecular complexity index is 1010. The summed E-state index contributed by atoms with van der Waals surface area (Å²) in [5, 5.41) is 2.65. The number of benzene rings is 2. The maximum atomic E-state index is 12.3. The fraction of sp³-hybridized carbons (Fsp3) is 0.333. The zero-order valence-corrected chi connectivity index (χ0v) is 18.4. The molecule has 0 unspecified atom stereocenters. The molecule has 2 rings (SSSR count). The van der Waals surface area contributed by atoms with Crippen LogP contribution < -0.4 is 5.32 Å². The Morgan fingerprint density at radius 2 is 1.70 bits per heavy atom. The minimum atomic E-state index is -3.91. The van der Waals surface area contributed by atoms with Gasteiger partial charge in [-0.3, -0.25) is 9.63 Å². The molecule has 1 N–H and O–H groups in total. The highest BCUT2D eigenvalue weighted by Gasteiger charge is 2.22. The average Bonchev–Trinajstić information content (AvgIpc) is 2.71. The molecule has 8 nitrogen and oxygen atoms in total. The highest BCUT2D eigenvalue weighted by atomic mass is 32.2. The number of nitrogens with zero attached hydrogens (tertiary/aromatic N) is 1. The molecule has 0 saturated carbocycles. The molecule has 0 aliphatic heterocycles. The van der Waals surface area contributed by atoms with Gasteiger partial charge in [-0.05, 0) is 41.3 Å². The second kappa shape index (κ2) is 9.38. The van der Waals surface area contributed by atoms with Crippen molar-refractivity contribution in [1.82, 2.24) is 4.47 Å². The van der Waals surface area contributed by atoms with Crippen molar-refractivity contribution in [3.05, 3.63) is 59.7 Å². The summed E-state index contributed by atoms with van der Waals surface area (Å²) in [7, 11) is -1.46. The zero-order chi connectivity index (χ0) is 22.5. The van der Waals surface area contributed by atoms with Crippen LogP contribution in [0.4, 0.5) is 5.69 Å². The van der Waals surface area contributed by atoms with Gasteiger partial charge >= 0.3 is 5.97 Å². The van der Waals surface area contributed by atoms with Gasteiger partial charge in [-0.1, -0.05) is 43.4 Å². The van der Waals surface area contributed by atoms with E-state index in [0.29, 0.717) is 10.2 Å². The largest absolute Gasteiger partial charge is 0.452 e. The third kappa shape index (κ3) is 5.88. The van der Waals surface area contributed by atoms with E-state index in [-0.39, 0.29) is 15.9 Å². The predicted molar refractivity (Wildman–Crippen MR) is 112 cm³/mol. The number of hydrogen-bond acceptors (Lipinski definition) is 6. The number of carbonyl (C=O) groups is 2. The number of hydroxylamine groups is 1. The fourth-order valence-electron chi connectivity index (χ4n) is 2.50. The molecular weight excluding hydrogens is 408 g/mol. The van der Waals surface area contributed by atoms with Gasteiger partial charge in [-0.2, -0.15) is 0 Å². The smallest absolute Gasteiger partial charge is 0.338 e. The van der Waals surface area contributed by atoms with Crippen molar-refractivity contribution in [2.75, 3.05) is 26.1 Å². The Morgan fingerprint density at radius 3 is 2.27 bits per heavy atom. The molecule has 0 atom stereocenters. The molecule has 0 aliphatic carbocycles. The van der Waals surface area contributed by atoms with Crippen molar-refractivity contribution in [2.24, 2.45) is 0 Å². The van der Waals surface area contributed by atoms with Crippen LogP contribution in [0.5, 0.6) is 0 Å². The maximum Gasteiger partial charge on any atom is 0.338 e. The topological polar surface area (TPSA) is 102 Å². The monoisotopic (exact) mass is 434 g/mol. The van der Waals surface area contributed by atoms with Crippen LogP contribution in [-0.2, 0) is 29.8 Å². The molecule has 0 heterocycles. The number of nitrogens with one attached hydrogen (secondary N) is 1. The van der Waals surface area contributed by atoms with Crippen LogP contribution in [-0.4, -0.2) is 45.5 Å². The van der Waals surface area contributed by atoms with E-state index in [4.69, 9.17) is 9.57 Å². The number of hydrogen-bond donors (Lipinski definition) is 1. The first kappa shape index (κ1) is 23.5. The zero-order valence-electron chi connectivity index (χ0n) is 17.6. The van der Waals surface area contributed by atoms with Crippen LogP contribution in [0.15, 0.2) is 53.4 Å². The van der Waals surface area contributed by atoms with Crippen molar-refractivity contribution in [3.8, 4) is 0 Å². The number of rotatable bonds is 7. The van der Waals surface area contributed by atoms with Crippen molar-refractivity contribution in [2.45, 2.75) is 31.1 Å². The highest BCUT2D eigenvalue weighted by molar-refractivity contribution is 7.89. The molecule has 0 spiro atoms. The van der Waals surface area contributed by atoms with E-state index in [9.17, 15) is 18.0 Å². The van der Waals surface area contributed by atoms with Gasteiger partial charge in [0.15, 0.2) is 6.61 Å². The predicted octanol–water partition coefficient (Wildman–Crippen LogP) is 2.96. The Balaban J connectivity index is 1.99. The number of anilines is 1. The van der Waals surface area contributed by atoms with Crippen molar-refractivity contribution >= 4 is 27.6 Å². The summed E-state index contributed by atoms with van der Waals surface area (Å²) in [4.78, 5) is 28.9. The second-order valence-corrected chi connectivity index (χ2v) is 9.51. The van der Waals surface area contributed by atoms with Crippen LogP contribution in [0.3, 0.4) is 0 Å². The lowest BCUT2D eigenvalue weighted by Crippen LogP contribution is -2.26. The molecule has 9 heteroatoms. The van der Waals surface area contributed by atoms with Gasteiger partial charge in [0.05, 0.1) is 17.6 Å². The Hall–Kier alpha value is -2.75. The minimum absolute atomic E-state index is 0.00184. The van der Waals surface area contributed by atoms with E-state index in [2.05, 4.69) is 26.1 Å². The lowest BCUT2D eigenvalue weighted by molar-refractivity contribution is -0.119. The molecule has 0 bridgehead atoms. The van der Waals surface area contributed by atoms with Gasteiger partial charge in [0.25, 0.3) is 15.9 Å². The molecular formula is C21H26N2O6S. The lowest BCUT2D eigenvalue weighted by atomic mass is 9.87. The molecule has 0 saturated heterocycles. The van der Waals surface area contributed by atoms with Crippen LogP contribution in [0.25, 0.3) is 0 Å². The van der Waals surface area contributed by atoms with E-state index in [1.54, 1.807) is 12.1 Å². The molecule has 2 aromatic carbocycles. The van der Waals surface area contributed by atoms with Crippen LogP contribution in [0, 0.1) is 0 Å². The minimum Gasteiger partial charge on any atom is -0.452 e. The summed E-state index contributed by atoms with van der Waals surface area (Å²) in [5.74, 6) is -1.32. The quantitative estimate of drug-likeness (QED) is 0.531. The molecule has 0 fully saturated rings. The van der Waals surface area contributed by atoms with E-state index >= 15 is 0 Å². The number of ether oxygens (including phenoxy) is 1. The molecule has 2 aromatic rings. The summed E-state index contributed by atoms with van der Waals surface area (Å²) >= 11 is 0. The number of esters is 1. The third-order valence-electron chi connectivity index (χ3n) is 4.33. The van der Waals surface area contributed by atoms with E-state index in [1.165, 1.54) is 32.4 Å². The molecule has 30 heavy (non-hydrogen) atoms. The van der Waals surface area contributed by atoms with Crippen molar-refractivity contribution in [1.29, 1.82) is 0 Å². The SMILES string of the molecule is CON(C)S(=O)(=O)c1cccc(C(=O)OCC(=O)Nc2ccc(C(C)(C)C)cc2)c1. The van der Waals surface area contributed by atoms with Gasteiger partial charge in [-0.15, -0.1) is 0 Å². The molecule has 0 radical (unpaired) electrons. The Labute approximate surface area is 176 Å². The maximum absolute atomic E-state index is 12.3. The average molecular weight is 435 g/mol. The number of sulfonamides is 1. The summed E-state index contributed by atoms with van der Waals surface area (Å²) in [6.45, 7) is 5.77. The van der Waals surface area contributed by atoms with Gasteiger partial charge in [0, 0.05) is 12.7 Å². The van der Waals surface area contributed by atoms with Crippen molar-refractivity contribution < 1.29 is 27.6 Å². The van der Waals surface area contributed by atoms with Gasteiger partial charge < -0.3 is 10.1 Å². The summed E-state index contributed by atoms with van der Waals surface area (Å²) in [6.07, 6.45) is 0. The molecule has 0 aliphatic rings. The van der Waals surface area contributed by atoms with Gasteiger partial charge in [0.2, 0.25) is 0 Å². The van der Waals surface area contributed by atoms with E-state index in [1.807, 2.05) is 12.1 Å². The molecule has 1 amide bonds. The van der Waals surface area contributed by atoms with E-state index < -0.39 is 28.5 Å². The Morgan fingerprint density at radius 1 is 1.07 bits per heavy atom. The third-order valence-corrected chi connectivity index (χ3v) is 6.01.